The Balaban J connectivity index is 2.04. The van der Waals surface area contributed by atoms with Gasteiger partial charge < -0.3 is 4.42 Å². The Morgan fingerprint density at radius 1 is 1.00 bits per heavy atom. The molecule has 0 fully saturated rings. The second kappa shape index (κ2) is 4.68. The van der Waals surface area contributed by atoms with Crippen molar-refractivity contribution in [3.63, 3.8) is 0 Å². The predicted molar refractivity (Wildman–Crippen MR) is 80.1 cm³/mol. The summed E-state index contributed by atoms with van der Waals surface area (Å²) < 4.78 is 30.7. The van der Waals surface area contributed by atoms with Crippen LogP contribution in [0.4, 0.5) is 5.69 Å². The third-order valence-corrected chi connectivity index (χ3v) is 3.48. The van der Waals surface area contributed by atoms with Gasteiger partial charge in [0, 0.05) is 16.6 Å². The van der Waals surface area contributed by atoms with Crippen LogP contribution in [0.2, 0.25) is 0 Å². The fourth-order valence-electron chi connectivity index (χ4n) is 2.07. The molecule has 5 heteroatoms. The van der Waals surface area contributed by atoms with Crippen molar-refractivity contribution in [1.82, 2.24) is 0 Å². The molecule has 0 radical (unpaired) electrons. The molecule has 0 unspecified atom stereocenters. The van der Waals surface area contributed by atoms with Crippen molar-refractivity contribution in [1.29, 1.82) is 0 Å². The highest BCUT2D eigenvalue weighted by Crippen LogP contribution is 2.29. The molecular weight excluding hydrogens is 274 g/mol. The lowest BCUT2D eigenvalue weighted by atomic mass is 10.1. The molecule has 0 aliphatic heterocycles. The summed E-state index contributed by atoms with van der Waals surface area (Å²) in [5.74, 6) is 0.761. The van der Waals surface area contributed by atoms with Crippen LogP contribution >= 0.6 is 0 Å². The molecule has 0 bridgehead atoms. The summed E-state index contributed by atoms with van der Waals surface area (Å²) in [4.78, 5) is 0. The monoisotopic (exact) mass is 287 g/mol. The summed E-state index contributed by atoms with van der Waals surface area (Å²) in [6.07, 6.45) is 1.13. The van der Waals surface area contributed by atoms with Gasteiger partial charge in [-0.05, 0) is 24.3 Å². The van der Waals surface area contributed by atoms with Crippen LogP contribution in [0.3, 0.4) is 0 Å². The van der Waals surface area contributed by atoms with Crippen LogP contribution in [-0.4, -0.2) is 14.7 Å². The Labute approximate surface area is 117 Å². The van der Waals surface area contributed by atoms with Gasteiger partial charge in [0.05, 0.1) is 6.26 Å². The van der Waals surface area contributed by atoms with Gasteiger partial charge >= 0.3 is 0 Å². The van der Waals surface area contributed by atoms with E-state index in [2.05, 4.69) is 4.72 Å². The average molecular weight is 287 g/mol. The van der Waals surface area contributed by atoms with Gasteiger partial charge in [-0.15, -0.1) is 0 Å². The van der Waals surface area contributed by atoms with Gasteiger partial charge in [0.1, 0.15) is 11.3 Å². The molecule has 0 amide bonds. The lowest BCUT2D eigenvalue weighted by molar-refractivity contribution is 0.606. The van der Waals surface area contributed by atoms with E-state index >= 15 is 0 Å². The molecule has 0 spiro atoms. The van der Waals surface area contributed by atoms with Gasteiger partial charge in [-0.3, -0.25) is 4.72 Å². The largest absolute Gasteiger partial charge is 0.456 e. The molecule has 3 rings (SSSR count). The molecule has 0 aliphatic carbocycles. The van der Waals surface area contributed by atoms with Crippen LogP contribution in [0.1, 0.15) is 0 Å². The van der Waals surface area contributed by atoms with E-state index in [1.54, 1.807) is 18.2 Å². The molecule has 2 aromatic carbocycles. The van der Waals surface area contributed by atoms with Gasteiger partial charge in [0.2, 0.25) is 10.0 Å². The number of hydrogen-bond donors (Lipinski definition) is 1. The molecule has 1 aromatic heterocycles. The topological polar surface area (TPSA) is 59.3 Å². The fraction of sp³-hybridized carbons (Fsp3) is 0.0667. The zero-order valence-corrected chi connectivity index (χ0v) is 11.6. The number of anilines is 1. The number of nitrogens with one attached hydrogen (secondary N) is 1. The van der Waals surface area contributed by atoms with E-state index in [4.69, 9.17) is 4.42 Å². The molecule has 0 saturated carbocycles. The Morgan fingerprint density at radius 3 is 2.45 bits per heavy atom. The first-order valence-corrected chi connectivity index (χ1v) is 7.97. The summed E-state index contributed by atoms with van der Waals surface area (Å²) in [5.41, 5.74) is 2.24. The number of fused-ring (bicyclic) bond motifs is 1. The molecule has 102 valence electrons. The molecular formula is C15H13NO3S. The molecule has 0 saturated heterocycles. The third-order valence-electron chi connectivity index (χ3n) is 2.88. The first kappa shape index (κ1) is 12.7. The third kappa shape index (κ3) is 2.67. The van der Waals surface area contributed by atoms with Gasteiger partial charge in [0.15, 0.2) is 0 Å². The maximum Gasteiger partial charge on any atom is 0.229 e. The smallest absolute Gasteiger partial charge is 0.229 e. The predicted octanol–water partition coefficient (Wildman–Crippen LogP) is 3.47. The number of sulfonamides is 1. The maximum absolute atomic E-state index is 11.2. The van der Waals surface area contributed by atoms with Crippen LogP contribution in [0.5, 0.6) is 0 Å². The Hall–Kier alpha value is -2.27. The second-order valence-electron chi connectivity index (χ2n) is 4.60. The minimum atomic E-state index is -3.27. The van der Waals surface area contributed by atoms with Gasteiger partial charge in [-0.25, -0.2) is 8.42 Å². The molecule has 4 nitrogen and oxygen atoms in total. The first-order chi connectivity index (χ1) is 9.51. The lowest BCUT2D eigenvalue weighted by Gasteiger charge is -2.02. The van der Waals surface area contributed by atoms with E-state index in [9.17, 15) is 8.42 Å². The van der Waals surface area contributed by atoms with E-state index < -0.39 is 10.0 Å². The van der Waals surface area contributed by atoms with Crippen LogP contribution < -0.4 is 4.72 Å². The first-order valence-electron chi connectivity index (χ1n) is 6.08. The number of furan rings is 1. The van der Waals surface area contributed by atoms with E-state index in [0.717, 1.165) is 28.5 Å². The molecule has 0 aliphatic rings. The lowest BCUT2D eigenvalue weighted by Crippen LogP contribution is -2.09. The van der Waals surface area contributed by atoms with Gasteiger partial charge in [0.25, 0.3) is 0 Å². The number of hydrogen-bond acceptors (Lipinski definition) is 3. The van der Waals surface area contributed by atoms with E-state index in [1.165, 1.54) is 0 Å². The van der Waals surface area contributed by atoms with Crippen molar-refractivity contribution in [3.05, 3.63) is 54.6 Å². The SMILES string of the molecule is CS(=O)(=O)Nc1ccc2oc(-c3ccccc3)cc2c1. The maximum atomic E-state index is 11.2. The van der Waals surface area contributed by atoms with Crippen LogP contribution in [-0.2, 0) is 10.0 Å². The van der Waals surface area contributed by atoms with Crippen LogP contribution in [0, 0.1) is 0 Å². The highest BCUT2D eigenvalue weighted by molar-refractivity contribution is 7.92. The Kier molecular flexibility index (Phi) is 2.99. The molecule has 3 aromatic rings. The summed E-state index contributed by atoms with van der Waals surface area (Å²) in [7, 11) is -3.27. The van der Waals surface area contributed by atoms with Crippen molar-refractivity contribution < 1.29 is 12.8 Å². The minimum Gasteiger partial charge on any atom is -0.456 e. The minimum absolute atomic E-state index is 0.528. The van der Waals surface area contributed by atoms with Gasteiger partial charge in [-0.2, -0.15) is 0 Å². The molecule has 0 atom stereocenters. The van der Waals surface area contributed by atoms with Crippen molar-refractivity contribution in [2.75, 3.05) is 11.0 Å². The van der Waals surface area contributed by atoms with Crippen molar-refractivity contribution in [3.8, 4) is 11.3 Å². The van der Waals surface area contributed by atoms with E-state index in [1.807, 2.05) is 36.4 Å². The number of rotatable bonds is 3. The molecule has 1 N–H and O–H groups in total. The Bertz CT molecular complexity index is 851. The normalized spacial score (nSPS) is 11.7. The van der Waals surface area contributed by atoms with Gasteiger partial charge in [-0.1, -0.05) is 30.3 Å². The Morgan fingerprint density at radius 2 is 1.75 bits per heavy atom. The molecule has 20 heavy (non-hydrogen) atoms. The standard InChI is InChI=1S/C15H13NO3S/c1-20(17,18)16-13-7-8-14-12(9-13)10-15(19-14)11-5-3-2-4-6-11/h2-10,16H,1H3. The van der Waals surface area contributed by atoms with Crippen molar-refractivity contribution >= 4 is 26.7 Å². The number of benzene rings is 2. The zero-order chi connectivity index (χ0) is 14.2. The highest BCUT2D eigenvalue weighted by Gasteiger charge is 2.08. The van der Waals surface area contributed by atoms with Crippen molar-refractivity contribution in [2.45, 2.75) is 0 Å². The highest BCUT2D eigenvalue weighted by atomic mass is 32.2. The van der Waals surface area contributed by atoms with Crippen LogP contribution in [0.25, 0.3) is 22.3 Å². The average Bonchev–Trinajstić information content (AvgIpc) is 2.81. The van der Waals surface area contributed by atoms with E-state index in [-0.39, 0.29) is 0 Å². The zero-order valence-electron chi connectivity index (χ0n) is 10.8. The summed E-state index contributed by atoms with van der Waals surface area (Å²) in [6.45, 7) is 0. The second-order valence-corrected chi connectivity index (χ2v) is 6.35. The molecule has 1 heterocycles. The van der Waals surface area contributed by atoms with Crippen molar-refractivity contribution in [2.24, 2.45) is 0 Å². The summed E-state index contributed by atoms with van der Waals surface area (Å²) in [6, 6.07) is 16.9. The van der Waals surface area contributed by atoms with E-state index in [0.29, 0.717) is 5.69 Å². The van der Waals surface area contributed by atoms with Crippen LogP contribution in [0.15, 0.2) is 59.0 Å². The summed E-state index contributed by atoms with van der Waals surface area (Å²) >= 11 is 0. The quantitative estimate of drug-likeness (QED) is 0.802. The summed E-state index contributed by atoms with van der Waals surface area (Å²) in [5, 5.41) is 0.859. The fourth-order valence-corrected chi connectivity index (χ4v) is 2.62.